The number of nitrogens with zero attached hydrogens (tertiary/aromatic N) is 3. The van der Waals surface area contributed by atoms with E-state index in [0.29, 0.717) is 18.5 Å². The first kappa shape index (κ1) is 25.2. The SMILES string of the molecule is CC[C@]1(c2ccccc2)NC(=O)N(CC(=O)NNC(=O)CCN2CCN(c3ccccc3)CC2)C1=O. The maximum atomic E-state index is 13.1. The third kappa shape index (κ3) is 5.49. The van der Waals surface area contributed by atoms with Crippen molar-refractivity contribution in [1.82, 2.24) is 26.0 Å². The Kier molecular flexibility index (Phi) is 7.84. The monoisotopic (exact) mass is 492 g/mol. The summed E-state index contributed by atoms with van der Waals surface area (Å²) in [5, 5.41) is 2.73. The van der Waals surface area contributed by atoms with Crippen LogP contribution in [0, 0.1) is 0 Å². The molecule has 2 heterocycles. The molecule has 3 N–H and O–H groups in total. The summed E-state index contributed by atoms with van der Waals surface area (Å²) in [6.07, 6.45) is 0.567. The number of amides is 5. The molecule has 5 amide bonds. The molecule has 2 saturated heterocycles. The van der Waals surface area contributed by atoms with Gasteiger partial charge in [-0.2, -0.15) is 0 Å². The van der Waals surface area contributed by atoms with Crippen LogP contribution < -0.4 is 21.1 Å². The van der Waals surface area contributed by atoms with Crippen LogP contribution in [0.3, 0.4) is 0 Å². The van der Waals surface area contributed by atoms with Crippen LogP contribution in [0.25, 0.3) is 0 Å². The van der Waals surface area contributed by atoms with Gasteiger partial charge in [0.2, 0.25) is 5.91 Å². The average molecular weight is 493 g/mol. The minimum absolute atomic E-state index is 0.224. The van der Waals surface area contributed by atoms with Crippen molar-refractivity contribution in [1.29, 1.82) is 0 Å². The van der Waals surface area contributed by atoms with Crippen LogP contribution in [0.2, 0.25) is 0 Å². The Bertz CT molecular complexity index is 1090. The van der Waals surface area contributed by atoms with E-state index in [9.17, 15) is 19.2 Å². The van der Waals surface area contributed by atoms with Gasteiger partial charge in [0, 0.05) is 44.8 Å². The van der Waals surface area contributed by atoms with Gasteiger partial charge in [-0.05, 0) is 24.1 Å². The molecule has 2 aromatic rings. The summed E-state index contributed by atoms with van der Waals surface area (Å²) in [6, 6.07) is 18.5. The molecule has 2 aliphatic heterocycles. The van der Waals surface area contributed by atoms with E-state index in [1.54, 1.807) is 31.2 Å². The van der Waals surface area contributed by atoms with Crippen molar-refractivity contribution in [3.8, 4) is 0 Å². The zero-order valence-corrected chi connectivity index (χ0v) is 20.4. The van der Waals surface area contributed by atoms with E-state index in [4.69, 9.17) is 0 Å². The molecule has 1 atom stereocenters. The first-order valence-corrected chi connectivity index (χ1v) is 12.2. The number of carbonyl (C=O) groups is 4. The summed E-state index contributed by atoms with van der Waals surface area (Å²) in [4.78, 5) is 55.7. The van der Waals surface area contributed by atoms with Gasteiger partial charge in [-0.3, -0.25) is 35.0 Å². The van der Waals surface area contributed by atoms with E-state index in [-0.39, 0.29) is 12.3 Å². The fourth-order valence-corrected chi connectivity index (χ4v) is 4.64. The van der Waals surface area contributed by atoms with Crippen LogP contribution in [-0.2, 0) is 19.9 Å². The maximum Gasteiger partial charge on any atom is 0.325 e. The molecule has 0 spiro atoms. The van der Waals surface area contributed by atoms with E-state index >= 15 is 0 Å². The highest BCUT2D eigenvalue weighted by Crippen LogP contribution is 2.32. The van der Waals surface area contributed by atoms with Gasteiger partial charge in [-0.25, -0.2) is 4.79 Å². The van der Waals surface area contributed by atoms with E-state index in [0.717, 1.165) is 31.1 Å². The smallest absolute Gasteiger partial charge is 0.325 e. The van der Waals surface area contributed by atoms with E-state index in [2.05, 4.69) is 38.1 Å². The first-order chi connectivity index (χ1) is 17.4. The van der Waals surface area contributed by atoms with Gasteiger partial charge in [0.15, 0.2) is 0 Å². The predicted molar refractivity (Wildman–Crippen MR) is 135 cm³/mol. The second-order valence-corrected chi connectivity index (χ2v) is 8.96. The van der Waals surface area contributed by atoms with Crippen LogP contribution in [0.5, 0.6) is 0 Å². The Morgan fingerprint density at radius 3 is 2.14 bits per heavy atom. The van der Waals surface area contributed by atoms with Gasteiger partial charge in [0.05, 0.1) is 0 Å². The topological polar surface area (TPSA) is 114 Å². The van der Waals surface area contributed by atoms with E-state index in [1.807, 2.05) is 24.3 Å². The number of carbonyl (C=O) groups excluding carboxylic acids is 4. The fourth-order valence-electron chi connectivity index (χ4n) is 4.64. The van der Waals surface area contributed by atoms with Gasteiger partial charge in [-0.1, -0.05) is 55.5 Å². The molecule has 0 aromatic heterocycles. The highest BCUT2D eigenvalue weighted by Gasteiger charge is 2.51. The lowest BCUT2D eigenvalue weighted by atomic mass is 9.87. The normalized spacial score (nSPS) is 20.2. The summed E-state index contributed by atoms with van der Waals surface area (Å²) in [5.41, 5.74) is 5.35. The second kappa shape index (κ2) is 11.2. The summed E-state index contributed by atoms with van der Waals surface area (Å²) in [5.74, 6) is -1.47. The minimum atomic E-state index is -1.20. The lowest BCUT2D eigenvalue weighted by Gasteiger charge is -2.36. The lowest BCUT2D eigenvalue weighted by molar-refractivity contribution is -0.136. The molecule has 4 rings (SSSR count). The van der Waals surface area contributed by atoms with Crippen LogP contribution >= 0.6 is 0 Å². The van der Waals surface area contributed by atoms with Gasteiger partial charge in [0.25, 0.3) is 11.8 Å². The standard InChI is InChI=1S/C26H32N6O4/c1-2-26(20-9-5-3-6-10-20)24(35)32(25(36)27-26)19-23(34)29-28-22(33)13-14-30-15-17-31(18-16-30)21-11-7-4-8-12-21/h3-12H,2,13-19H2,1H3,(H,27,36)(H,28,33)(H,29,34)/t26-/m1/s1. The largest absolute Gasteiger partial charge is 0.369 e. The summed E-state index contributed by atoms with van der Waals surface area (Å²) in [7, 11) is 0. The van der Waals surface area contributed by atoms with Crippen molar-refractivity contribution >= 4 is 29.4 Å². The Morgan fingerprint density at radius 2 is 1.50 bits per heavy atom. The van der Waals surface area contributed by atoms with Crippen molar-refractivity contribution in [2.75, 3.05) is 44.2 Å². The summed E-state index contributed by atoms with van der Waals surface area (Å²) < 4.78 is 0. The number of rotatable bonds is 8. The molecular weight excluding hydrogens is 460 g/mol. The molecule has 36 heavy (non-hydrogen) atoms. The van der Waals surface area contributed by atoms with Gasteiger partial charge < -0.3 is 10.2 Å². The van der Waals surface area contributed by atoms with E-state index in [1.165, 1.54) is 5.69 Å². The number of hydrazine groups is 1. The number of piperazine rings is 1. The molecule has 0 unspecified atom stereocenters. The molecule has 0 saturated carbocycles. The zero-order valence-electron chi connectivity index (χ0n) is 20.4. The molecule has 0 bridgehead atoms. The number of nitrogens with one attached hydrogen (secondary N) is 3. The molecule has 0 aliphatic carbocycles. The van der Waals surface area contributed by atoms with Gasteiger partial charge in [-0.15, -0.1) is 0 Å². The van der Waals surface area contributed by atoms with Crippen LogP contribution in [0.4, 0.5) is 10.5 Å². The molecule has 0 radical (unpaired) electrons. The number of anilines is 1. The Hall–Kier alpha value is -3.92. The maximum absolute atomic E-state index is 13.1. The Labute approximate surface area is 210 Å². The quantitative estimate of drug-likeness (QED) is 0.377. The van der Waals surface area contributed by atoms with E-state index < -0.39 is 29.9 Å². The number of benzene rings is 2. The van der Waals surface area contributed by atoms with Crippen LogP contribution in [0.1, 0.15) is 25.3 Å². The highest BCUT2D eigenvalue weighted by atomic mass is 16.2. The molecule has 10 nitrogen and oxygen atoms in total. The number of hydrogen-bond acceptors (Lipinski definition) is 6. The third-order valence-corrected chi connectivity index (χ3v) is 6.76. The number of imide groups is 1. The lowest BCUT2D eigenvalue weighted by Crippen LogP contribution is -2.50. The van der Waals surface area contributed by atoms with Crippen molar-refractivity contribution < 1.29 is 19.2 Å². The summed E-state index contributed by atoms with van der Waals surface area (Å²) >= 11 is 0. The highest BCUT2D eigenvalue weighted by molar-refractivity contribution is 6.09. The third-order valence-electron chi connectivity index (χ3n) is 6.76. The van der Waals surface area contributed by atoms with Crippen molar-refractivity contribution in [3.63, 3.8) is 0 Å². The molecule has 190 valence electrons. The van der Waals surface area contributed by atoms with Gasteiger partial charge in [0.1, 0.15) is 12.1 Å². The number of urea groups is 1. The fraction of sp³-hybridized carbons (Fsp3) is 0.385. The summed E-state index contributed by atoms with van der Waals surface area (Å²) in [6.45, 7) is 5.36. The second-order valence-electron chi connectivity index (χ2n) is 8.96. The van der Waals surface area contributed by atoms with Crippen LogP contribution in [0.15, 0.2) is 60.7 Å². The number of hydrogen-bond donors (Lipinski definition) is 3. The molecule has 2 fully saturated rings. The first-order valence-electron chi connectivity index (χ1n) is 12.2. The molecule has 10 heteroatoms. The molecule has 2 aliphatic rings. The van der Waals surface area contributed by atoms with Gasteiger partial charge >= 0.3 is 6.03 Å². The zero-order chi connectivity index (χ0) is 25.5. The average Bonchev–Trinajstić information content (AvgIpc) is 3.17. The van der Waals surface area contributed by atoms with Crippen molar-refractivity contribution in [2.45, 2.75) is 25.3 Å². The predicted octanol–water partition coefficient (Wildman–Crippen LogP) is 1.20. The Morgan fingerprint density at radius 1 is 0.889 bits per heavy atom. The van der Waals surface area contributed by atoms with Crippen molar-refractivity contribution in [3.05, 3.63) is 66.2 Å². The number of para-hydroxylation sites is 1. The van der Waals surface area contributed by atoms with Crippen molar-refractivity contribution in [2.24, 2.45) is 0 Å². The van der Waals surface area contributed by atoms with Crippen LogP contribution in [-0.4, -0.2) is 72.8 Å². The molecular formula is C26H32N6O4. The minimum Gasteiger partial charge on any atom is -0.369 e. The molecule has 2 aromatic carbocycles. The Balaban J connectivity index is 1.20.